The van der Waals surface area contributed by atoms with Gasteiger partial charge in [-0.1, -0.05) is 140 Å². The van der Waals surface area contributed by atoms with Crippen LogP contribution >= 0.6 is 0 Å². The van der Waals surface area contributed by atoms with E-state index in [1.54, 1.807) is 6.33 Å². The Balaban J connectivity index is 1.07. The SMILES string of the molecule is CC1C=Cc2c(c3ccc(-c4cccc(-c5cccc(-c6cc(-c7cccc(-c8ccccc8)c7)ncn6)c5)c4)cc3c3ccccc23)C1. The molecule has 1 aromatic heterocycles. The fraction of sp³-hybridized carbons (Fsp3) is 0.0638. The second-order valence-corrected chi connectivity index (χ2v) is 13.1. The van der Waals surface area contributed by atoms with Crippen LogP contribution in [0.1, 0.15) is 18.1 Å². The van der Waals surface area contributed by atoms with Crippen LogP contribution in [-0.2, 0) is 6.42 Å². The number of hydrogen-bond donors (Lipinski definition) is 0. The molecule has 0 N–H and O–H groups in total. The predicted octanol–water partition coefficient (Wildman–Crippen LogP) is 12.3. The summed E-state index contributed by atoms with van der Waals surface area (Å²) in [6, 6.07) is 54.6. The highest BCUT2D eigenvalue weighted by Gasteiger charge is 2.18. The Hall–Kier alpha value is -6.12. The van der Waals surface area contributed by atoms with Gasteiger partial charge in [-0.05, 0) is 109 Å². The highest BCUT2D eigenvalue weighted by molar-refractivity contribution is 6.14. The number of aromatic nitrogens is 2. The summed E-state index contributed by atoms with van der Waals surface area (Å²) in [4.78, 5) is 9.34. The molecule has 8 aromatic rings. The zero-order chi connectivity index (χ0) is 32.7. The molecule has 0 spiro atoms. The molecule has 0 bridgehead atoms. The molecule has 1 atom stereocenters. The molecule has 1 aliphatic rings. The van der Waals surface area contributed by atoms with Gasteiger partial charge in [-0.25, -0.2) is 9.97 Å². The minimum absolute atomic E-state index is 0.545. The van der Waals surface area contributed by atoms with Crippen molar-refractivity contribution in [1.82, 2.24) is 9.97 Å². The molecule has 9 rings (SSSR count). The molecular formula is C47H34N2. The number of hydrogen-bond acceptors (Lipinski definition) is 2. The average Bonchev–Trinajstić information content (AvgIpc) is 3.18. The first-order chi connectivity index (χ1) is 24.2. The van der Waals surface area contributed by atoms with E-state index in [1.807, 2.05) is 6.07 Å². The van der Waals surface area contributed by atoms with Gasteiger partial charge >= 0.3 is 0 Å². The van der Waals surface area contributed by atoms with E-state index in [2.05, 4.69) is 175 Å². The van der Waals surface area contributed by atoms with Crippen LogP contribution in [0.3, 0.4) is 0 Å². The minimum atomic E-state index is 0.545. The van der Waals surface area contributed by atoms with Crippen molar-refractivity contribution in [3.63, 3.8) is 0 Å². The second kappa shape index (κ2) is 12.2. The van der Waals surface area contributed by atoms with Crippen molar-refractivity contribution in [2.75, 3.05) is 0 Å². The van der Waals surface area contributed by atoms with Crippen molar-refractivity contribution in [3.05, 3.63) is 175 Å². The zero-order valence-corrected chi connectivity index (χ0v) is 27.3. The maximum atomic E-state index is 4.69. The summed E-state index contributed by atoms with van der Waals surface area (Å²) in [5, 5.41) is 5.36. The third-order valence-corrected chi connectivity index (χ3v) is 9.91. The molecule has 1 unspecified atom stereocenters. The Morgan fingerprint density at radius 1 is 0.429 bits per heavy atom. The van der Waals surface area contributed by atoms with E-state index in [1.165, 1.54) is 60.5 Å². The lowest BCUT2D eigenvalue weighted by molar-refractivity contribution is 0.722. The first kappa shape index (κ1) is 29.1. The lowest BCUT2D eigenvalue weighted by Gasteiger charge is -2.21. The Morgan fingerprint density at radius 3 is 1.63 bits per heavy atom. The molecule has 49 heavy (non-hydrogen) atoms. The normalized spacial score (nSPS) is 13.9. The van der Waals surface area contributed by atoms with Gasteiger partial charge in [0, 0.05) is 11.1 Å². The van der Waals surface area contributed by atoms with Crippen molar-refractivity contribution in [3.8, 4) is 55.9 Å². The fourth-order valence-electron chi connectivity index (χ4n) is 7.43. The molecule has 1 aliphatic carbocycles. The summed E-state index contributed by atoms with van der Waals surface area (Å²) >= 11 is 0. The topological polar surface area (TPSA) is 25.8 Å². The molecule has 0 radical (unpaired) electrons. The third-order valence-electron chi connectivity index (χ3n) is 9.91. The van der Waals surface area contributed by atoms with Crippen molar-refractivity contribution >= 4 is 27.6 Å². The van der Waals surface area contributed by atoms with Crippen LogP contribution < -0.4 is 0 Å². The lowest BCUT2D eigenvalue weighted by atomic mass is 9.83. The molecule has 0 saturated heterocycles. The minimum Gasteiger partial charge on any atom is -0.236 e. The first-order valence-electron chi connectivity index (χ1n) is 17.0. The molecule has 2 heteroatoms. The summed E-state index contributed by atoms with van der Waals surface area (Å²) < 4.78 is 0. The zero-order valence-electron chi connectivity index (χ0n) is 27.3. The van der Waals surface area contributed by atoms with Crippen molar-refractivity contribution in [1.29, 1.82) is 0 Å². The van der Waals surface area contributed by atoms with E-state index >= 15 is 0 Å². The highest BCUT2D eigenvalue weighted by atomic mass is 14.8. The monoisotopic (exact) mass is 626 g/mol. The number of benzene rings is 7. The van der Waals surface area contributed by atoms with Crippen LogP contribution in [0, 0.1) is 5.92 Å². The van der Waals surface area contributed by atoms with E-state index < -0.39 is 0 Å². The summed E-state index contributed by atoms with van der Waals surface area (Å²) in [5.41, 5.74) is 13.9. The van der Waals surface area contributed by atoms with Gasteiger partial charge in [0.25, 0.3) is 0 Å². The summed E-state index contributed by atoms with van der Waals surface area (Å²) in [6.45, 7) is 2.31. The van der Waals surface area contributed by atoms with E-state index in [-0.39, 0.29) is 0 Å². The van der Waals surface area contributed by atoms with Crippen LogP contribution in [0.4, 0.5) is 0 Å². The van der Waals surface area contributed by atoms with Crippen LogP contribution in [-0.4, -0.2) is 9.97 Å². The Labute approximate surface area is 287 Å². The first-order valence-corrected chi connectivity index (χ1v) is 17.0. The van der Waals surface area contributed by atoms with E-state index in [0.29, 0.717) is 5.92 Å². The van der Waals surface area contributed by atoms with Gasteiger partial charge < -0.3 is 0 Å². The van der Waals surface area contributed by atoms with Crippen LogP contribution in [0.15, 0.2) is 164 Å². The van der Waals surface area contributed by atoms with Gasteiger partial charge in [0.15, 0.2) is 0 Å². The highest BCUT2D eigenvalue weighted by Crippen LogP contribution is 2.40. The summed E-state index contributed by atoms with van der Waals surface area (Å²) in [6.07, 6.45) is 7.43. The molecule has 0 amide bonds. The standard InChI is InChI=1S/C47H34N2/c1-31-20-22-42-40-18-5-6-19-41(40)45-28-37(21-23-43(45)44(42)24-31)35-14-7-13-34(25-35)36-15-9-17-39(27-36)47-29-46(48-30-49-47)38-16-8-12-33(26-38)32-10-3-2-4-11-32/h2-23,25-31H,24H2,1H3. The Bertz CT molecular complexity index is 2540. The molecule has 0 saturated carbocycles. The van der Waals surface area contributed by atoms with Gasteiger partial charge in [-0.3, -0.25) is 0 Å². The lowest BCUT2D eigenvalue weighted by Crippen LogP contribution is -2.05. The van der Waals surface area contributed by atoms with Gasteiger partial charge in [0.1, 0.15) is 6.33 Å². The molecular weight excluding hydrogens is 593 g/mol. The van der Waals surface area contributed by atoms with Gasteiger partial charge in [-0.2, -0.15) is 0 Å². The molecule has 1 heterocycles. The fourth-order valence-corrected chi connectivity index (χ4v) is 7.43. The average molecular weight is 627 g/mol. The summed E-state index contributed by atoms with van der Waals surface area (Å²) in [5.74, 6) is 0.545. The third kappa shape index (κ3) is 5.42. The second-order valence-electron chi connectivity index (χ2n) is 13.1. The number of rotatable bonds is 5. The smallest absolute Gasteiger partial charge is 0.116 e. The molecule has 232 valence electrons. The summed E-state index contributed by atoms with van der Waals surface area (Å²) in [7, 11) is 0. The molecule has 2 nitrogen and oxygen atoms in total. The van der Waals surface area contributed by atoms with Crippen molar-refractivity contribution < 1.29 is 0 Å². The Kier molecular flexibility index (Phi) is 7.21. The largest absolute Gasteiger partial charge is 0.236 e. The van der Waals surface area contributed by atoms with Crippen LogP contribution in [0.25, 0.3) is 83.5 Å². The molecule has 7 aromatic carbocycles. The maximum absolute atomic E-state index is 4.69. The van der Waals surface area contributed by atoms with Crippen LogP contribution in [0.2, 0.25) is 0 Å². The number of nitrogens with zero attached hydrogens (tertiary/aromatic N) is 2. The van der Waals surface area contributed by atoms with Gasteiger partial charge in [0.05, 0.1) is 11.4 Å². The van der Waals surface area contributed by atoms with Crippen molar-refractivity contribution in [2.24, 2.45) is 5.92 Å². The Morgan fingerprint density at radius 2 is 0.959 bits per heavy atom. The van der Waals surface area contributed by atoms with E-state index in [0.717, 1.165) is 34.5 Å². The molecule has 0 aliphatic heterocycles. The number of allylic oxidation sites excluding steroid dienone is 1. The van der Waals surface area contributed by atoms with E-state index in [4.69, 9.17) is 0 Å². The van der Waals surface area contributed by atoms with Gasteiger partial charge in [0.2, 0.25) is 0 Å². The molecule has 0 fully saturated rings. The van der Waals surface area contributed by atoms with E-state index in [9.17, 15) is 0 Å². The maximum Gasteiger partial charge on any atom is 0.116 e. The predicted molar refractivity (Wildman–Crippen MR) is 206 cm³/mol. The quantitative estimate of drug-likeness (QED) is 0.178. The van der Waals surface area contributed by atoms with Crippen molar-refractivity contribution in [2.45, 2.75) is 13.3 Å². The number of fused-ring (bicyclic) bond motifs is 6. The van der Waals surface area contributed by atoms with Crippen LogP contribution in [0.5, 0.6) is 0 Å². The van der Waals surface area contributed by atoms with Gasteiger partial charge in [-0.15, -0.1) is 0 Å².